The molecule has 0 radical (unpaired) electrons. The van der Waals surface area contributed by atoms with Gasteiger partial charge in [0.05, 0.1) is 13.2 Å². The van der Waals surface area contributed by atoms with Gasteiger partial charge in [-0.1, -0.05) is 19.9 Å². The van der Waals surface area contributed by atoms with Crippen LogP contribution >= 0.6 is 0 Å². The van der Waals surface area contributed by atoms with Crippen molar-refractivity contribution in [2.75, 3.05) is 32.8 Å². The molecule has 0 aromatic heterocycles. The molecule has 116 valence electrons. The lowest BCUT2D eigenvalue weighted by Crippen LogP contribution is -2.50. The Morgan fingerprint density at radius 1 is 1.05 bits per heavy atom. The largest absolute Gasteiger partial charge is 0.465 e. The molecule has 0 heterocycles. The van der Waals surface area contributed by atoms with E-state index in [0.29, 0.717) is 0 Å². The standard InChI is InChI=1S/C15H27NO4/c1-6-11-15(13(17)19-9-4,14(18)20-10-5)12-16(7-2)8-3/h6H,1,7-12H2,2-5H3. The molecule has 0 aromatic carbocycles. The van der Waals surface area contributed by atoms with Crippen LogP contribution in [0.15, 0.2) is 12.7 Å². The van der Waals surface area contributed by atoms with Gasteiger partial charge < -0.3 is 14.4 Å². The second-order valence-electron chi connectivity index (χ2n) is 4.48. The molecule has 0 saturated carbocycles. The Bertz CT molecular complexity index is 306. The third-order valence-corrected chi connectivity index (χ3v) is 3.21. The first-order valence-electron chi connectivity index (χ1n) is 7.19. The summed E-state index contributed by atoms with van der Waals surface area (Å²) in [6, 6.07) is 0. The van der Waals surface area contributed by atoms with E-state index in [1.165, 1.54) is 0 Å². The van der Waals surface area contributed by atoms with E-state index in [9.17, 15) is 9.59 Å². The van der Waals surface area contributed by atoms with Gasteiger partial charge in [-0.05, 0) is 33.4 Å². The van der Waals surface area contributed by atoms with Gasteiger partial charge in [-0.2, -0.15) is 0 Å². The Morgan fingerprint density at radius 3 is 1.80 bits per heavy atom. The van der Waals surface area contributed by atoms with E-state index in [1.54, 1.807) is 19.9 Å². The molecule has 5 nitrogen and oxygen atoms in total. The molecule has 0 aliphatic rings. The highest BCUT2D eigenvalue weighted by Gasteiger charge is 2.48. The fourth-order valence-corrected chi connectivity index (χ4v) is 2.06. The molecule has 0 rings (SSSR count). The number of nitrogens with zero attached hydrogens (tertiary/aromatic N) is 1. The van der Waals surface area contributed by atoms with Crippen molar-refractivity contribution >= 4 is 11.9 Å². The molecule has 0 bridgehead atoms. The van der Waals surface area contributed by atoms with Gasteiger partial charge in [0.1, 0.15) is 0 Å². The summed E-state index contributed by atoms with van der Waals surface area (Å²) < 4.78 is 10.2. The van der Waals surface area contributed by atoms with Gasteiger partial charge in [0.25, 0.3) is 0 Å². The van der Waals surface area contributed by atoms with Crippen molar-refractivity contribution in [1.29, 1.82) is 0 Å². The molecule has 5 heteroatoms. The maximum atomic E-state index is 12.3. The van der Waals surface area contributed by atoms with E-state index in [-0.39, 0.29) is 26.2 Å². The van der Waals surface area contributed by atoms with Crippen molar-refractivity contribution in [2.45, 2.75) is 34.1 Å². The Morgan fingerprint density at radius 2 is 1.50 bits per heavy atom. The van der Waals surface area contributed by atoms with Crippen LogP contribution in [-0.2, 0) is 19.1 Å². The summed E-state index contributed by atoms with van der Waals surface area (Å²) in [5, 5.41) is 0. The summed E-state index contributed by atoms with van der Waals surface area (Å²) in [4.78, 5) is 26.7. The first-order valence-corrected chi connectivity index (χ1v) is 7.19. The van der Waals surface area contributed by atoms with Crippen molar-refractivity contribution in [3.05, 3.63) is 12.7 Å². The average molecular weight is 285 g/mol. The molecule has 0 aliphatic heterocycles. The van der Waals surface area contributed by atoms with Gasteiger partial charge in [-0.3, -0.25) is 9.59 Å². The third-order valence-electron chi connectivity index (χ3n) is 3.21. The lowest BCUT2D eigenvalue weighted by molar-refractivity contribution is -0.173. The van der Waals surface area contributed by atoms with Crippen LogP contribution in [0.3, 0.4) is 0 Å². The number of esters is 2. The first-order chi connectivity index (χ1) is 9.52. The van der Waals surface area contributed by atoms with E-state index in [4.69, 9.17) is 9.47 Å². The monoisotopic (exact) mass is 285 g/mol. The summed E-state index contributed by atoms with van der Waals surface area (Å²) >= 11 is 0. The van der Waals surface area contributed by atoms with E-state index in [0.717, 1.165) is 13.1 Å². The van der Waals surface area contributed by atoms with Crippen molar-refractivity contribution in [1.82, 2.24) is 4.90 Å². The maximum absolute atomic E-state index is 12.3. The van der Waals surface area contributed by atoms with Crippen LogP contribution in [0.2, 0.25) is 0 Å². The van der Waals surface area contributed by atoms with Crippen LogP contribution in [0.4, 0.5) is 0 Å². The van der Waals surface area contributed by atoms with Crippen LogP contribution in [0.5, 0.6) is 0 Å². The molecule has 0 amide bonds. The highest BCUT2D eigenvalue weighted by Crippen LogP contribution is 2.28. The number of hydrogen-bond acceptors (Lipinski definition) is 5. The predicted octanol–water partition coefficient (Wildman–Crippen LogP) is 2.02. The zero-order valence-corrected chi connectivity index (χ0v) is 13.1. The number of carbonyl (C=O) groups is 2. The molecular formula is C15H27NO4. The zero-order chi connectivity index (χ0) is 15.6. The van der Waals surface area contributed by atoms with Gasteiger partial charge >= 0.3 is 11.9 Å². The Kier molecular flexibility index (Phi) is 8.88. The molecular weight excluding hydrogens is 258 g/mol. The zero-order valence-electron chi connectivity index (χ0n) is 13.1. The lowest BCUT2D eigenvalue weighted by Gasteiger charge is -2.32. The molecule has 20 heavy (non-hydrogen) atoms. The second kappa shape index (κ2) is 9.53. The quantitative estimate of drug-likeness (QED) is 0.349. The topological polar surface area (TPSA) is 55.8 Å². The van der Waals surface area contributed by atoms with Gasteiger partial charge in [0.15, 0.2) is 5.41 Å². The van der Waals surface area contributed by atoms with Crippen molar-refractivity contribution in [3.63, 3.8) is 0 Å². The molecule has 0 aromatic rings. The number of hydrogen-bond donors (Lipinski definition) is 0. The molecule has 0 atom stereocenters. The fourth-order valence-electron chi connectivity index (χ4n) is 2.06. The molecule has 0 aliphatic carbocycles. The Balaban J connectivity index is 5.46. The molecule has 0 saturated heterocycles. The predicted molar refractivity (Wildman–Crippen MR) is 78.3 cm³/mol. The summed E-state index contributed by atoms with van der Waals surface area (Å²) in [6.07, 6.45) is 1.78. The molecule has 0 fully saturated rings. The second-order valence-corrected chi connectivity index (χ2v) is 4.48. The normalized spacial score (nSPS) is 11.2. The van der Waals surface area contributed by atoms with Gasteiger partial charge in [0.2, 0.25) is 0 Å². The highest BCUT2D eigenvalue weighted by atomic mass is 16.6. The first kappa shape index (κ1) is 18.6. The van der Waals surface area contributed by atoms with Crippen LogP contribution in [0.1, 0.15) is 34.1 Å². The number of carbonyl (C=O) groups excluding carboxylic acids is 2. The molecule has 0 N–H and O–H groups in total. The minimum absolute atomic E-state index is 0.209. The highest BCUT2D eigenvalue weighted by molar-refractivity contribution is 6.00. The van der Waals surface area contributed by atoms with Crippen LogP contribution in [-0.4, -0.2) is 49.7 Å². The van der Waals surface area contributed by atoms with Crippen LogP contribution < -0.4 is 0 Å². The van der Waals surface area contributed by atoms with E-state index < -0.39 is 17.4 Å². The van der Waals surface area contributed by atoms with Gasteiger partial charge in [-0.15, -0.1) is 6.58 Å². The molecule has 0 unspecified atom stereocenters. The van der Waals surface area contributed by atoms with Crippen LogP contribution in [0.25, 0.3) is 0 Å². The van der Waals surface area contributed by atoms with Crippen molar-refractivity contribution in [2.24, 2.45) is 5.41 Å². The summed E-state index contributed by atoms with van der Waals surface area (Å²) in [5.74, 6) is -1.07. The van der Waals surface area contributed by atoms with E-state index in [1.807, 2.05) is 18.7 Å². The number of allylic oxidation sites excluding steroid dienone is 1. The van der Waals surface area contributed by atoms with E-state index >= 15 is 0 Å². The summed E-state index contributed by atoms with van der Waals surface area (Å²) in [7, 11) is 0. The fraction of sp³-hybridized carbons (Fsp3) is 0.733. The van der Waals surface area contributed by atoms with Gasteiger partial charge in [0, 0.05) is 6.54 Å². The number of rotatable bonds is 10. The average Bonchev–Trinajstić information content (AvgIpc) is 2.43. The smallest absolute Gasteiger partial charge is 0.325 e. The third kappa shape index (κ3) is 4.63. The minimum Gasteiger partial charge on any atom is -0.465 e. The van der Waals surface area contributed by atoms with Crippen molar-refractivity contribution in [3.8, 4) is 0 Å². The van der Waals surface area contributed by atoms with Crippen molar-refractivity contribution < 1.29 is 19.1 Å². The maximum Gasteiger partial charge on any atom is 0.325 e. The summed E-state index contributed by atoms with van der Waals surface area (Å²) in [6.45, 7) is 13.3. The van der Waals surface area contributed by atoms with Gasteiger partial charge in [-0.25, -0.2) is 0 Å². The van der Waals surface area contributed by atoms with E-state index in [2.05, 4.69) is 6.58 Å². The van der Waals surface area contributed by atoms with Crippen LogP contribution in [0, 0.1) is 5.41 Å². The Labute approximate surface area is 121 Å². The lowest BCUT2D eigenvalue weighted by atomic mass is 9.83. The minimum atomic E-state index is -1.32. The number of ether oxygens (including phenoxy) is 2. The Hall–Kier alpha value is -1.36. The molecule has 0 spiro atoms. The SMILES string of the molecule is C=CCC(CN(CC)CC)(C(=O)OCC)C(=O)OCC. The summed E-state index contributed by atoms with van der Waals surface area (Å²) in [5.41, 5.74) is -1.32.